The number of nitrogens with zero attached hydrogens (tertiary/aromatic N) is 10. The summed E-state index contributed by atoms with van der Waals surface area (Å²) in [4.78, 5) is 98.4. The van der Waals surface area contributed by atoms with Crippen molar-refractivity contribution in [1.29, 1.82) is 0 Å². The lowest BCUT2D eigenvalue weighted by molar-refractivity contribution is -0.122. The first-order valence-corrected chi connectivity index (χ1v) is 22.3. The van der Waals surface area contributed by atoms with E-state index in [4.69, 9.17) is 10.7 Å². The normalized spacial score (nSPS) is 24.6. The Morgan fingerprint density at radius 2 is 1.51 bits per heavy atom. The Bertz CT molecular complexity index is 2340. The van der Waals surface area contributed by atoms with Crippen LogP contribution in [0.2, 0.25) is 0 Å². The number of nitrogens with one attached hydrogen (secondary N) is 1. The van der Waals surface area contributed by atoms with Crippen LogP contribution in [0.4, 0.5) is 26.8 Å². The maximum Gasteiger partial charge on any atom is 0.343 e. The largest absolute Gasteiger partial charge is 0.371 e. The highest BCUT2D eigenvalue weighted by atomic mass is 16.2. The number of likely N-dealkylation sites (tertiary alicyclic amines) is 1. The first-order valence-electron chi connectivity index (χ1n) is 22.3. The molecule has 63 heavy (non-hydrogen) atoms. The number of piperidine rings is 2. The number of rotatable bonds is 10. The second kappa shape index (κ2) is 16.4. The zero-order valence-electron chi connectivity index (χ0n) is 35.7. The molecule has 330 valence electrons. The molecular formula is C45H54N12O6. The molecule has 2 unspecified atom stereocenters. The fourth-order valence-electron chi connectivity index (χ4n) is 10.9. The molecule has 3 atom stereocenters. The van der Waals surface area contributed by atoms with Crippen LogP contribution in [0.5, 0.6) is 0 Å². The molecule has 6 saturated heterocycles. The van der Waals surface area contributed by atoms with Crippen molar-refractivity contribution in [2.75, 3.05) is 100 Å². The topological polar surface area (TPSA) is 192 Å². The maximum atomic E-state index is 13.3. The Balaban J connectivity index is 0.703. The third-order valence-electron chi connectivity index (χ3n) is 14.3. The van der Waals surface area contributed by atoms with E-state index in [0.29, 0.717) is 42.2 Å². The molecule has 8 heterocycles. The fourth-order valence-corrected chi connectivity index (χ4v) is 10.9. The quantitative estimate of drug-likeness (QED) is 0.283. The molecule has 6 fully saturated rings. The van der Waals surface area contributed by atoms with Gasteiger partial charge in [-0.25, -0.2) is 24.6 Å². The number of amides is 8. The lowest BCUT2D eigenvalue weighted by atomic mass is 9.95. The predicted molar refractivity (Wildman–Crippen MR) is 232 cm³/mol. The Morgan fingerprint density at radius 3 is 2.21 bits per heavy atom. The van der Waals surface area contributed by atoms with Gasteiger partial charge in [-0.3, -0.25) is 24.5 Å². The number of aromatic nitrogens is 2. The van der Waals surface area contributed by atoms with Gasteiger partial charge in [0.05, 0.1) is 35.6 Å². The maximum absolute atomic E-state index is 13.3. The van der Waals surface area contributed by atoms with Crippen LogP contribution in [-0.2, 0) is 11.2 Å². The lowest BCUT2D eigenvalue weighted by Gasteiger charge is -2.37. The van der Waals surface area contributed by atoms with E-state index in [0.717, 1.165) is 112 Å². The molecule has 7 aliphatic heterocycles. The number of nitrogens with two attached hydrogens (primary N) is 1. The van der Waals surface area contributed by atoms with Gasteiger partial charge in [0, 0.05) is 103 Å². The highest BCUT2D eigenvalue weighted by molar-refractivity contribution is 6.22. The molecule has 0 bridgehead atoms. The number of fused-ring (bicyclic) bond motifs is 2. The summed E-state index contributed by atoms with van der Waals surface area (Å²) >= 11 is 0. The summed E-state index contributed by atoms with van der Waals surface area (Å²) in [5.74, 6) is 0.383. The molecule has 0 aliphatic carbocycles. The molecule has 7 aliphatic rings. The Kier molecular flexibility index (Phi) is 10.6. The summed E-state index contributed by atoms with van der Waals surface area (Å²) in [5, 5.41) is 4.06. The Hall–Kier alpha value is -6.30. The second-order valence-corrected chi connectivity index (χ2v) is 18.3. The molecule has 0 spiro atoms. The van der Waals surface area contributed by atoms with Gasteiger partial charge in [-0.1, -0.05) is 12.1 Å². The number of carbonyl (C=O) groups excluding carboxylic acids is 6. The van der Waals surface area contributed by atoms with Gasteiger partial charge in [-0.05, 0) is 79.3 Å². The van der Waals surface area contributed by atoms with Crippen molar-refractivity contribution in [3.8, 4) is 0 Å². The monoisotopic (exact) mass is 858 g/mol. The molecule has 18 heteroatoms. The SMILES string of the molecule is CN1CCN([C@@H]2CCCN(c3cnc(C(N)=O)c(Cc4ccc(N5CC6CN(CC7CCN(c8ccc9c(c8)C(=O)N(N8CCC(=O)NC8=O)C9=O)CC7)CC6C5)cc4)n3)C2)C1=O. The average molecular weight is 859 g/mol. The molecule has 3 N–H and O–H groups in total. The molecular weight excluding hydrogens is 805 g/mol. The number of anilines is 3. The van der Waals surface area contributed by atoms with Crippen LogP contribution >= 0.6 is 0 Å². The minimum Gasteiger partial charge on any atom is -0.371 e. The van der Waals surface area contributed by atoms with Gasteiger partial charge in [0.2, 0.25) is 5.91 Å². The van der Waals surface area contributed by atoms with Crippen molar-refractivity contribution < 1.29 is 28.8 Å². The van der Waals surface area contributed by atoms with Crippen molar-refractivity contribution >= 4 is 52.9 Å². The second-order valence-electron chi connectivity index (χ2n) is 18.3. The van der Waals surface area contributed by atoms with E-state index in [-0.39, 0.29) is 41.9 Å². The minimum atomic E-state index is -0.768. The number of hydrogen-bond donors (Lipinski definition) is 2. The van der Waals surface area contributed by atoms with E-state index in [1.54, 1.807) is 23.2 Å². The third-order valence-corrected chi connectivity index (χ3v) is 14.3. The Morgan fingerprint density at radius 1 is 0.778 bits per heavy atom. The number of likely N-dealkylation sites (N-methyl/N-ethyl adjacent to an activating group) is 1. The predicted octanol–water partition coefficient (Wildman–Crippen LogP) is 2.24. The molecule has 10 rings (SSSR count). The molecule has 1 aromatic heterocycles. The molecule has 18 nitrogen and oxygen atoms in total. The first kappa shape index (κ1) is 40.8. The number of hydrazine groups is 1. The molecule has 3 aromatic rings. The third kappa shape index (κ3) is 7.78. The summed E-state index contributed by atoms with van der Waals surface area (Å²) in [6.07, 6.45) is 6.06. The van der Waals surface area contributed by atoms with Crippen LogP contribution in [0.25, 0.3) is 0 Å². The fraction of sp³-hybridized carbons (Fsp3) is 0.511. The number of imide groups is 2. The smallest absolute Gasteiger partial charge is 0.343 e. The van der Waals surface area contributed by atoms with Crippen LogP contribution in [-0.4, -0.2) is 162 Å². The number of hydrogen-bond acceptors (Lipinski definition) is 12. The highest BCUT2D eigenvalue weighted by Gasteiger charge is 2.44. The average Bonchev–Trinajstić information content (AvgIpc) is 4.02. The van der Waals surface area contributed by atoms with Gasteiger partial charge in [0.25, 0.3) is 17.7 Å². The van der Waals surface area contributed by atoms with E-state index in [2.05, 4.69) is 54.2 Å². The molecule has 0 radical (unpaired) electrons. The van der Waals surface area contributed by atoms with E-state index in [1.165, 1.54) is 5.69 Å². The van der Waals surface area contributed by atoms with E-state index >= 15 is 0 Å². The number of primary amides is 1. The van der Waals surface area contributed by atoms with Crippen LogP contribution in [0, 0.1) is 17.8 Å². The standard InChI is InChI=1S/C45H54N12O6/c1-50-17-18-55(45(50)63)34-3-2-13-53(27-34)38-21-47-40(41(46)59)37(48-38)19-28-4-6-32(7-5-28)54-25-30-23-51(24-31(30)26-54)22-29-10-14-52(15-11-29)33-8-9-35-36(20-33)43(61)57(42(35)60)56-16-12-39(58)49-44(56)62/h4-9,20-21,29-31,34H,2-3,10-19,22-27H2,1H3,(H2,46,59)(H,49,58,62)/t30?,31?,34-/m1/s1. The van der Waals surface area contributed by atoms with Crippen molar-refractivity contribution in [1.82, 2.24) is 40.0 Å². The number of carbonyl (C=O) groups is 6. The van der Waals surface area contributed by atoms with Crippen molar-refractivity contribution in [2.45, 2.75) is 44.6 Å². The summed E-state index contributed by atoms with van der Waals surface area (Å²) in [7, 11) is 1.84. The molecule has 0 saturated carbocycles. The van der Waals surface area contributed by atoms with Crippen LogP contribution in [0.1, 0.15) is 74.6 Å². The van der Waals surface area contributed by atoms with E-state index in [9.17, 15) is 28.8 Å². The first-order chi connectivity index (χ1) is 30.5. The van der Waals surface area contributed by atoms with Crippen molar-refractivity contribution in [3.05, 3.63) is 76.7 Å². The van der Waals surface area contributed by atoms with Gasteiger partial charge in [0.15, 0.2) is 0 Å². The van der Waals surface area contributed by atoms with Crippen molar-refractivity contribution in [2.24, 2.45) is 23.5 Å². The lowest BCUT2D eigenvalue weighted by Crippen LogP contribution is -2.58. The summed E-state index contributed by atoms with van der Waals surface area (Å²) < 4.78 is 0. The zero-order valence-corrected chi connectivity index (χ0v) is 35.7. The zero-order chi connectivity index (χ0) is 43.5. The van der Waals surface area contributed by atoms with Crippen LogP contribution < -0.4 is 25.8 Å². The van der Waals surface area contributed by atoms with Gasteiger partial charge in [0.1, 0.15) is 11.5 Å². The summed E-state index contributed by atoms with van der Waals surface area (Å²) in [6.45, 7) is 9.95. The Labute approximate surface area is 365 Å². The van der Waals surface area contributed by atoms with E-state index in [1.807, 2.05) is 18.0 Å². The highest BCUT2D eigenvalue weighted by Crippen LogP contribution is 2.36. The van der Waals surface area contributed by atoms with Crippen LogP contribution in [0.3, 0.4) is 0 Å². The van der Waals surface area contributed by atoms with Crippen LogP contribution in [0.15, 0.2) is 48.7 Å². The molecule has 2 aromatic carbocycles. The van der Waals surface area contributed by atoms with Gasteiger partial charge in [-0.15, -0.1) is 0 Å². The number of urea groups is 2. The summed E-state index contributed by atoms with van der Waals surface area (Å²) in [6, 6.07) is 13.3. The summed E-state index contributed by atoms with van der Waals surface area (Å²) in [5.41, 5.74) is 10.2. The van der Waals surface area contributed by atoms with Gasteiger partial charge >= 0.3 is 12.1 Å². The van der Waals surface area contributed by atoms with E-state index < -0.39 is 29.7 Å². The molecule has 8 amide bonds. The van der Waals surface area contributed by atoms with Gasteiger partial charge < -0.3 is 35.1 Å². The number of benzene rings is 2. The minimum absolute atomic E-state index is 0.0217. The van der Waals surface area contributed by atoms with Crippen molar-refractivity contribution in [3.63, 3.8) is 0 Å². The van der Waals surface area contributed by atoms with Gasteiger partial charge in [-0.2, -0.15) is 5.01 Å².